The number of aromatic nitrogens is 4. The van der Waals surface area contributed by atoms with E-state index in [1.54, 1.807) is 37.4 Å². The fourth-order valence-corrected chi connectivity index (χ4v) is 3.40. The Balaban J connectivity index is 1.62. The molecule has 0 saturated carbocycles. The summed E-state index contributed by atoms with van der Waals surface area (Å²) in [5.74, 6) is 0.891. The molecule has 2 aromatic heterocycles. The van der Waals surface area contributed by atoms with Crippen LogP contribution in [0.4, 0.5) is 11.6 Å². The molecule has 28 heavy (non-hydrogen) atoms. The first-order chi connectivity index (χ1) is 13.5. The molecule has 3 heterocycles. The first-order valence-electron chi connectivity index (χ1n) is 9.21. The van der Waals surface area contributed by atoms with E-state index >= 15 is 0 Å². The lowest BCUT2D eigenvalue weighted by Gasteiger charge is -2.17. The van der Waals surface area contributed by atoms with E-state index in [0.717, 1.165) is 31.6 Å². The Bertz CT molecular complexity index is 1080. The minimum atomic E-state index is -0.370. The van der Waals surface area contributed by atoms with Crippen LogP contribution in [0, 0.1) is 6.92 Å². The molecule has 1 aliphatic heterocycles. The van der Waals surface area contributed by atoms with Gasteiger partial charge >= 0.3 is 5.69 Å². The van der Waals surface area contributed by atoms with E-state index in [0.29, 0.717) is 23.0 Å². The number of aryl methyl sites for hydroxylation is 1. The van der Waals surface area contributed by atoms with Crippen LogP contribution in [0.1, 0.15) is 18.5 Å². The number of carbonyl (C=O) groups is 1. The van der Waals surface area contributed by atoms with Crippen molar-refractivity contribution in [1.82, 2.24) is 19.2 Å². The molecule has 0 bridgehead atoms. The monoisotopic (exact) mass is 382 g/mol. The Morgan fingerprint density at radius 3 is 2.79 bits per heavy atom. The average molecular weight is 382 g/mol. The van der Waals surface area contributed by atoms with Crippen molar-refractivity contribution in [3.8, 4) is 5.75 Å². The highest BCUT2D eigenvalue weighted by Crippen LogP contribution is 2.19. The number of ether oxygens (including phenoxy) is 1. The molecule has 0 unspecified atom stereocenters. The number of nitrogens with zero attached hydrogens (tertiary/aromatic N) is 5. The van der Waals surface area contributed by atoms with Crippen LogP contribution in [0.25, 0.3) is 5.65 Å². The van der Waals surface area contributed by atoms with Gasteiger partial charge in [-0.25, -0.2) is 18.9 Å². The maximum absolute atomic E-state index is 12.9. The highest BCUT2D eigenvalue weighted by atomic mass is 16.5. The molecule has 1 aliphatic rings. The van der Waals surface area contributed by atoms with Crippen molar-refractivity contribution in [1.29, 1.82) is 0 Å². The van der Waals surface area contributed by atoms with Gasteiger partial charge in [0.25, 0.3) is 0 Å². The lowest BCUT2D eigenvalue weighted by atomic mass is 10.3. The molecule has 1 saturated heterocycles. The van der Waals surface area contributed by atoms with Gasteiger partial charge in [0.1, 0.15) is 12.3 Å². The van der Waals surface area contributed by atoms with Crippen LogP contribution in [0.15, 0.2) is 35.1 Å². The van der Waals surface area contributed by atoms with Crippen LogP contribution >= 0.6 is 0 Å². The highest BCUT2D eigenvalue weighted by molar-refractivity contribution is 5.90. The minimum absolute atomic E-state index is 0.184. The lowest BCUT2D eigenvalue weighted by molar-refractivity contribution is -0.117. The van der Waals surface area contributed by atoms with Gasteiger partial charge in [0, 0.05) is 36.6 Å². The van der Waals surface area contributed by atoms with E-state index in [2.05, 4.69) is 20.3 Å². The van der Waals surface area contributed by atoms with Gasteiger partial charge in [-0.2, -0.15) is 0 Å². The van der Waals surface area contributed by atoms with Crippen molar-refractivity contribution in [2.24, 2.45) is 0 Å². The van der Waals surface area contributed by atoms with E-state index in [1.165, 1.54) is 9.08 Å². The van der Waals surface area contributed by atoms with E-state index in [9.17, 15) is 9.59 Å². The fraction of sp³-hybridized carbons (Fsp3) is 0.368. The zero-order chi connectivity index (χ0) is 19.7. The van der Waals surface area contributed by atoms with Gasteiger partial charge in [0.2, 0.25) is 11.9 Å². The predicted molar refractivity (Wildman–Crippen MR) is 105 cm³/mol. The number of methoxy groups -OCH3 is 1. The molecule has 1 amide bonds. The third-order valence-corrected chi connectivity index (χ3v) is 4.71. The van der Waals surface area contributed by atoms with Crippen molar-refractivity contribution in [2.45, 2.75) is 26.3 Å². The zero-order valence-electron chi connectivity index (χ0n) is 15.9. The summed E-state index contributed by atoms with van der Waals surface area (Å²) in [6.45, 7) is 3.41. The second-order valence-electron chi connectivity index (χ2n) is 6.81. The predicted octanol–water partition coefficient (Wildman–Crippen LogP) is 1.45. The quantitative estimate of drug-likeness (QED) is 0.718. The van der Waals surface area contributed by atoms with E-state index < -0.39 is 0 Å². The molecule has 9 nitrogen and oxygen atoms in total. The first-order valence-corrected chi connectivity index (χ1v) is 9.21. The van der Waals surface area contributed by atoms with E-state index in [4.69, 9.17) is 4.74 Å². The maximum Gasteiger partial charge on any atom is 0.353 e. The van der Waals surface area contributed by atoms with Gasteiger partial charge in [-0.05, 0) is 31.9 Å². The minimum Gasteiger partial charge on any atom is -0.497 e. The summed E-state index contributed by atoms with van der Waals surface area (Å²) in [7, 11) is 1.56. The Labute approximate surface area is 161 Å². The SMILES string of the molecule is COc1cccc(NC(=O)Cn2nc3cc(C)nc(N4CCCC4)n3c2=O)c1. The van der Waals surface area contributed by atoms with Crippen LogP contribution < -0.4 is 20.6 Å². The molecule has 1 N–H and O–H groups in total. The molecule has 1 aromatic carbocycles. The molecule has 1 fully saturated rings. The summed E-state index contributed by atoms with van der Waals surface area (Å²) >= 11 is 0. The number of fused-ring (bicyclic) bond motifs is 1. The smallest absolute Gasteiger partial charge is 0.353 e. The van der Waals surface area contributed by atoms with Gasteiger partial charge < -0.3 is 15.0 Å². The molecule has 0 radical (unpaired) electrons. The molecule has 9 heteroatoms. The molecular formula is C19H22N6O3. The Morgan fingerprint density at radius 2 is 2.04 bits per heavy atom. The summed E-state index contributed by atoms with van der Waals surface area (Å²) in [5, 5.41) is 7.10. The Hall–Kier alpha value is -3.36. The first kappa shape index (κ1) is 18.0. The van der Waals surface area contributed by atoms with Crippen molar-refractivity contribution in [3.05, 3.63) is 46.5 Å². The molecule has 0 spiro atoms. The number of rotatable bonds is 5. The highest BCUT2D eigenvalue weighted by Gasteiger charge is 2.21. The van der Waals surface area contributed by atoms with E-state index in [1.807, 2.05) is 6.92 Å². The maximum atomic E-state index is 12.9. The summed E-state index contributed by atoms with van der Waals surface area (Å²) < 4.78 is 7.81. The third-order valence-electron chi connectivity index (χ3n) is 4.71. The zero-order valence-corrected chi connectivity index (χ0v) is 15.9. The van der Waals surface area contributed by atoms with Gasteiger partial charge in [-0.15, -0.1) is 5.10 Å². The number of amides is 1. The molecule has 0 atom stereocenters. The summed E-state index contributed by atoms with van der Waals surface area (Å²) in [6, 6.07) is 8.78. The molecule has 4 rings (SSSR count). The topological polar surface area (TPSA) is 93.8 Å². The van der Waals surface area contributed by atoms with Crippen molar-refractivity contribution in [2.75, 3.05) is 30.4 Å². The Morgan fingerprint density at radius 1 is 1.25 bits per heavy atom. The number of nitrogens with one attached hydrogen (secondary N) is 1. The number of hydrogen-bond donors (Lipinski definition) is 1. The largest absolute Gasteiger partial charge is 0.497 e. The Kier molecular flexibility index (Phi) is 4.72. The van der Waals surface area contributed by atoms with Crippen LogP contribution in [-0.2, 0) is 11.3 Å². The van der Waals surface area contributed by atoms with Gasteiger partial charge in [-0.1, -0.05) is 6.07 Å². The van der Waals surface area contributed by atoms with Crippen LogP contribution in [-0.4, -0.2) is 45.3 Å². The summed E-state index contributed by atoms with van der Waals surface area (Å²) in [5.41, 5.74) is 1.50. The summed E-state index contributed by atoms with van der Waals surface area (Å²) in [6.07, 6.45) is 2.14. The van der Waals surface area contributed by atoms with Crippen LogP contribution in [0.5, 0.6) is 5.75 Å². The van der Waals surface area contributed by atoms with Crippen LogP contribution in [0.2, 0.25) is 0 Å². The second kappa shape index (κ2) is 7.34. The van der Waals surface area contributed by atoms with Gasteiger partial charge in [-0.3, -0.25) is 4.79 Å². The summed E-state index contributed by atoms with van der Waals surface area (Å²) in [4.78, 5) is 32.0. The van der Waals surface area contributed by atoms with Crippen molar-refractivity contribution in [3.63, 3.8) is 0 Å². The normalized spacial score (nSPS) is 13.9. The van der Waals surface area contributed by atoms with Gasteiger partial charge in [0.05, 0.1) is 7.11 Å². The second-order valence-corrected chi connectivity index (χ2v) is 6.81. The molecular weight excluding hydrogens is 360 g/mol. The van der Waals surface area contributed by atoms with Crippen molar-refractivity contribution < 1.29 is 9.53 Å². The average Bonchev–Trinajstić information content (AvgIpc) is 3.30. The standard InChI is InChI=1S/C19H22N6O3/c1-13-10-16-22-24(12-17(26)21-14-6-5-7-15(11-14)28-2)19(27)25(16)18(20-13)23-8-3-4-9-23/h5-7,10-11H,3-4,8-9,12H2,1-2H3,(H,21,26). The molecule has 146 valence electrons. The lowest BCUT2D eigenvalue weighted by Crippen LogP contribution is -2.31. The van der Waals surface area contributed by atoms with Crippen LogP contribution in [0.3, 0.4) is 0 Å². The number of carbonyl (C=O) groups excluding carboxylic acids is 1. The molecule has 0 aliphatic carbocycles. The van der Waals surface area contributed by atoms with Crippen molar-refractivity contribution >= 4 is 23.2 Å². The van der Waals surface area contributed by atoms with Gasteiger partial charge in [0.15, 0.2) is 5.65 Å². The van der Waals surface area contributed by atoms with E-state index in [-0.39, 0.29) is 18.1 Å². The fourth-order valence-electron chi connectivity index (χ4n) is 3.40. The molecule has 3 aromatic rings. The number of anilines is 2. The number of hydrogen-bond acceptors (Lipinski definition) is 6. The number of benzene rings is 1. The third kappa shape index (κ3) is 3.42.